The number of hydrogen-bond donors (Lipinski definition) is 0. The molecule has 2 heterocycles. The second-order valence-corrected chi connectivity index (χ2v) is 11.0. The van der Waals surface area contributed by atoms with Gasteiger partial charge in [0.05, 0.1) is 23.2 Å². The van der Waals surface area contributed by atoms with Crippen LogP contribution in [0.2, 0.25) is 15.1 Å². The number of carbonyl (C=O) groups is 1. The Hall–Kier alpha value is -1.66. The van der Waals surface area contributed by atoms with Gasteiger partial charge in [-0.1, -0.05) is 40.9 Å². The minimum atomic E-state index is -0.462. The molecule has 0 bridgehead atoms. The third kappa shape index (κ3) is 5.71. The molecule has 0 radical (unpaired) electrons. The van der Waals surface area contributed by atoms with Gasteiger partial charge in [0, 0.05) is 27.6 Å². The molecule has 0 atom stereocenters. The average molecular weight is 513 g/mol. The molecule has 0 amide bonds. The zero-order valence-electron chi connectivity index (χ0n) is 19.1. The SMILES string of the molecule is CC(C)(C)OC(=O)CN1CCC2(CC1)COc1cc(OCc3c(Cl)cc(Cl)cc3Cl)ccc12. The summed E-state index contributed by atoms with van der Waals surface area (Å²) in [6.07, 6.45) is 1.86. The third-order valence-corrected chi connectivity index (χ3v) is 7.00. The van der Waals surface area contributed by atoms with E-state index in [-0.39, 0.29) is 18.0 Å². The van der Waals surface area contributed by atoms with E-state index in [1.165, 1.54) is 5.56 Å². The highest BCUT2D eigenvalue weighted by Gasteiger charge is 2.43. The van der Waals surface area contributed by atoms with E-state index in [9.17, 15) is 4.79 Å². The number of carbonyl (C=O) groups excluding carboxylic acids is 1. The summed E-state index contributed by atoms with van der Waals surface area (Å²) >= 11 is 18.5. The van der Waals surface area contributed by atoms with Gasteiger partial charge in [0.25, 0.3) is 0 Å². The molecule has 0 unspecified atom stereocenters. The topological polar surface area (TPSA) is 48.0 Å². The summed E-state index contributed by atoms with van der Waals surface area (Å²) in [4.78, 5) is 14.3. The minimum absolute atomic E-state index is 0.0267. The van der Waals surface area contributed by atoms with Gasteiger partial charge in [-0.3, -0.25) is 9.69 Å². The first-order valence-corrected chi connectivity index (χ1v) is 12.2. The lowest BCUT2D eigenvalue weighted by molar-refractivity contribution is -0.156. The van der Waals surface area contributed by atoms with Gasteiger partial charge >= 0.3 is 5.97 Å². The molecule has 178 valence electrons. The lowest BCUT2D eigenvalue weighted by atomic mass is 9.74. The molecule has 5 nitrogen and oxygen atoms in total. The molecule has 0 aliphatic carbocycles. The minimum Gasteiger partial charge on any atom is -0.492 e. The maximum absolute atomic E-state index is 12.2. The van der Waals surface area contributed by atoms with Crippen LogP contribution in [0.3, 0.4) is 0 Å². The molecule has 1 spiro atoms. The number of piperidine rings is 1. The van der Waals surface area contributed by atoms with Gasteiger partial charge in [0.1, 0.15) is 23.7 Å². The van der Waals surface area contributed by atoms with Gasteiger partial charge in [-0.25, -0.2) is 0 Å². The number of esters is 1. The molecule has 2 aromatic rings. The third-order valence-electron chi connectivity index (χ3n) is 6.10. The fourth-order valence-electron chi connectivity index (χ4n) is 4.42. The van der Waals surface area contributed by atoms with E-state index in [0.29, 0.717) is 39.5 Å². The molecule has 2 aliphatic rings. The zero-order chi connectivity index (χ0) is 23.8. The Bertz CT molecular complexity index is 1020. The van der Waals surface area contributed by atoms with Crippen molar-refractivity contribution >= 4 is 40.8 Å². The van der Waals surface area contributed by atoms with Crippen molar-refractivity contribution in [3.8, 4) is 11.5 Å². The van der Waals surface area contributed by atoms with Crippen molar-refractivity contribution in [2.75, 3.05) is 26.2 Å². The van der Waals surface area contributed by atoms with E-state index in [1.54, 1.807) is 12.1 Å². The molecule has 33 heavy (non-hydrogen) atoms. The van der Waals surface area contributed by atoms with Crippen LogP contribution in [0, 0.1) is 0 Å². The number of ether oxygens (including phenoxy) is 3. The Morgan fingerprint density at radius 3 is 2.39 bits per heavy atom. The standard InChI is InChI=1S/C25H28Cl3NO4/c1-24(2,3)33-23(30)13-29-8-6-25(7-9-29)15-32-22-12-17(4-5-19(22)25)31-14-18-20(27)10-16(26)11-21(18)28/h4-5,10-12H,6-9,13-15H2,1-3H3. The van der Waals surface area contributed by atoms with E-state index in [2.05, 4.69) is 11.0 Å². The molecule has 1 saturated heterocycles. The van der Waals surface area contributed by atoms with Crippen LogP contribution in [0.4, 0.5) is 0 Å². The van der Waals surface area contributed by atoms with Crippen LogP contribution in [-0.4, -0.2) is 42.7 Å². The monoisotopic (exact) mass is 511 g/mol. The van der Waals surface area contributed by atoms with Crippen LogP contribution in [-0.2, 0) is 21.6 Å². The Labute approximate surface area is 209 Å². The van der Waals surface area contributed by atoms with Gasteiger partial charge in [-0.2, -0.15) is 0 Å². The van der Waals surface area contributed by atoms with Gasteiger partial charge in [0.2, 0.25) is 0 Å². The van der Waals surface area contributed by atoms with Crippen molar-refractivity contribution < 1.29 is 19.0 Å². The van der Waals surface area contributed by atoms with E-state index in [1.807, 2.05) is 32.9 Å². The molecule has 1 fully saturated rings. The first-order valence-electron chi connectivity index (χ1n) is 11.0. The molecule has 2 aromatic carbocycles. The average Bonchev–Trinajstić information content (AvgIpc) is 3.05. The summed E-state index contributed by atoms with van der Waals surface area (Å²) in [5, 5.41) is 1.44. The van der Waals surface area contributed by atoms with Gasteiger partial charge in [-0.15, -0.1) is 0 Å². The fourth-order valence-corrected chi connectivity index (χ4v) is 5.34. The summed E-state index contributed by atoms with van der Waals surface area (Å²) in [5.41, 5.74) is 1.41. The van der Waals surface area contributed by atoms with E-state index in [4.69, 9.17) is 49.0 Å². The summed E-state index contributed by atoms with van der Waals surface area (Å²) in [5.74, 6) is 1.36. The van der Waals surface area contributed by atoms with E-state index < -0.39 is 5.60 Å². The molecule has 0 saturated carbocycles. The number of benzene rings is 2. The van der Waals surface area contributed by atoms with Crippen LogP contribution in [0.5, 0.6) is 11.5 Å². The molecule has 4 rings (SSSR count). The lowest BCUT2D eigenvalue weighted by Gasteiger charge is -2.38. The Morgan fingerprint density at radius 2 is 1.76 bits per heavy atom. The number of likely N-dealkylation sites (tertiary alicyclic amines) is 1. The first kappa shape index (κ1) is 24.5. The summed E-state index contributed by atoms with van der Waals surface area (Å²) < 4.78 is 17.5. The number of halogens is 3. The molecular formula is C25H28Cl3NO4. The highest BCUT2D eigenvalue weighted by molar-refractivity contribution is 6.39. The number of fused-ring (bicyclic) bond motifs is 2. The molecule has 8 heteroatoms. The second kappa shape index (κ2) is 9.53. The number of hydrogen-bond acceptors (Lipinski definition) is 5. The summed E-state index contributed by atoms with van der Waals surface area (Å²) in [7, 11) is 0. The van der Waals surface area contributed by atoms with Crippen LogP contribution >= 0.6 is 34.8 Å². The van der Waals surface area contributed by atoms with Crippen molar-refractivity contribution in [1.82, 2.24) is 4.90 Å². The zero-order valence-corrected chi connectivity index (χ0v) is 21.3. The summed E-state index contributed by atoms with van der Waals surface area (Å²) in [6, 6.07) is 9.28. The van der Waals surface area contributed by atoms with Crippen LogP contribution in [0.1, 0.15) is 44.7 Å². The van der Waals surface area contributed by atoms with Crippen molar-refractivity contribution in [1.29, 1.82) is 0 Å². The van der Waals surface area contributed by atoms with Crippen molar-refractivity contribution in [2.45, 2.75) is 51.2 Å². The van der Waals surface area contributed by atoms with Gasteiger partial charge in [-0.05, 0) is 64.9 Å². The maximum atomic E-state index is 12.2. The highest BCUT2D eigenvalue weighted by Crippen LogP contribution is 2.46. The quantitative estimate of drug-likeness (QED) is 0.440. The van der Waals surface area contributed by atoms with Crippen molar-refractivity contribution in [3.63, 3.8) is 0 Å². The Balaban J connectivity index is 1.38. The van der Waals surface area contributed by atoms with Gasteiger partial charge < -0.3 is 14.2 Å². The number of rotatable bonds is 5. The molecule has 0 aromatic heterocycles. The highest BCUT2D eigenvalue weighted by atomic mass is 35.5. The molecule has 2 aliphatic heterocycles. The van der Waals surface area contributed by atoms with E-state index in [0.717, 1.165) is 31.7 Å². The second-order valence-electron chi connectivity index (χ2n) is 9.73. The largest absolute Gasteiger partial charge is 0.492 e. The maximum Gasteiger partial charge on any atom is 0.320 e. The van der Waals surface area contributed by atoms with Crippen LogP contribution < -0.4 is 9.47 Å². The predicted octanol–water partition coefficient (Wildman–Crippen LogP) is 6.29. The smallest absolute Gasteiger partial charge is 0.320 e. The lowest BCUT2D eigenvalue weighted by Crippen LogP contribution is -2.46. The molecule has 0 N–H and O–H groups in total. The fraction of sp³-hybridized carbons (Fsp3) is 0.480. The van der Waals surface area contributed by atoms with Crippen molar-refractivity contribution in [2.24, 2.45) is 0 Å². The van der Waals surface area contributed by atoms with Crippen molar-refractivity contribution in [3.05, 3.63) is 56.5 Å². The Kier molecular flexibility index (Phi) is 7.07. The number of nitrogens with zero attached hydrogens (tertiary/aromatic N) is 1. The first-order chi connectivity index (χ1) is 15.5. The van der Waals surface area contributed by atoms with Gasteiger partial charge in [0.15, 0.2) is 0 Å². The predicted molar refractivity (Wildman–Crippen MR) is 131 cm³/mol. The Morgan fingerprint density at radius 1 is 1.09 bits per heavy atom. The van der Waals surface area contributed by atoms with E-state index >= 15 is 0 Å². The van der Waals surface area contributed by atoms with Crippen LogP contribution in [0.15, 0.2) is 30.3 Å². The molecular weight excluding hydrogens is 485 g/mol. The van der Waals surface area contributed by atoms with Crippen LogP contribution in [0.25, 0.3) is 0 Å². The summed E-state index contributed by atoms with van der Waals surface area (Å²) in [6.45, 7) is 8.52. The normalized spacial score (nSPS) is 17.5.